The lowest BCUT2D eigenvalue weighted by atomic mass is 10.1. The molecule has 136 valence electrons. The summed E-state index contributed by atoms with van der Waals surface area (Å²) in [6.45, 7) is 3.07. The zero-order valence-electron chi connectivity index (χ0n) is 14.4. The van der Waals surface area contributed by atoms with Gasteiger partial charge in [0, 0.05) is 32.2 Å². The second-order valence-corrected chi connectivity index (χ2v) is 7.24. The fourth-order valence-electron chi connectivity index (χ4n) is 3.66. The largest absolute Gasteiger partial charge is 0.386 e. The average molecular weight is 355 g/mol. The number of aryl methyl sites for hydroxylation is 1. The lowest BCUT2D eigenvalue weighted by Gasteiger charge is -2.18. The Balaban J connectivity index is 1.37. The van der Waals surface area contributed by atoms with Crippen LogP contribution in [-0.2, 0) is 19.6 Å². The first-order chi connectivity index (χ1) is 12.7. The Morgan fingerprint density at radius 2 is 2.19 bits per heavy atom. The number of hydrogen-bond acceptors (Lipinski definition) is 6. The van der Waals surface area contributed by atoms with Crippen molar-refractivity contribution in [1.29, 1.82) is 0 Å². The molecule has 2 N–H and O–H groups in total. The number of fused-ring (bicyclic) bond motifs is 2. The summed E-state index contributed by atoms with van der Waals surface area (Å²) in [5.41, 5.74) is 2.46. The second-order valence-electron chi connectivity index (χ2n) is 7.24. The summed E-state index contributed by atoms with van der Waals surface area (Å²) in [5.74, 6) is 0.769. The van der Waals surface area contributed by atoms with E-state index in [1.807, 2.05) is 10.7 Å². The Bertz CT molecular complexity index is 1000. The molecule has 0 spiro atoms. The quantitative estimate of drug-likeness (QED) is 0.705. The van der Waals surface area contributed by atoms with Crippen LogP contribution in [0, 0.1) is 5.92 Å². The fourth-order valence-corrected chi connectivity index (χ4v) is 3.66. The monoisotopic (exact) mass is 355 g/mol. The standard InChI is InChI=1S/C17H21N7O2/c25-15-6-12(20-17-18-10-19-24(15)17)8-22-4-1-5-23-13(9-22)7-14(21-23)16(26)11-2-3-11/h6-7,10-11,16,26H,1-5,8-9H2,(H,18,19,20)/t16-/m0/s1. The summed E-state index contributed by atoms with van der Waals surface area (Å²) in [4.78, 5) is 22.9. The van der Waals surface area contributed by atoms with Gasteiger partial charge in [0.25, 0.3) is 11.3 Å². The normalized spacial score (nSPS) is 19.4. The smallest absolute Gasteiger partial charge is 0.274 e. The van der Waals surface area contributed by atoms with Crippen LogP contribution in [0.5, 0.6) is 0 Å². The number of H-pyrrole nitrogens is 1. The van der Waals surface area contributed by atoms with Gasteiger partial charge in [-0.05, 0) is 31.2 Å². The maximum absolute atomic E-state index is 12.1. The molecule has 5 rings (SSSR count). The number of aromatic nitrogens is 6. The van der Waals surface area contributed by atoms with E-state index in [1.54, 1.807) is 6.07 Å². The van der Waals surface area contributed by atoms with E-state index < -0.39 is 6.10 Å². The maximum Gasteiger partial charge on any atom is 0.274 e. The van der Waals surface area contributed by atoms with E-state index in [0.717, 1.165) is 50.3 Å². The third-order valence-electron chi connectivity index (χ3n) is 5.19. The summed E-state index contributed by atoms with van der Waals surface area (Å²) in [5, 5.41) is 17.7. The SMILES string of the molecule is O=c1cc(CN2CCCn3nc([C@@H](O)C4CC4)cc3C2)nc2nc[nH]n12. The van der Waals surface area contributed by atoms with Crippen LogP contribution in [0.2, 0.25) is 0 Å². The lowest BCUT2D eigenvalue weighted by Crippen LogP contribution is -2.25. The van der Waals surface area contributed by atoms with Crippen molar-refractivity contribution in [2.24, 2.45) is 5.92 Å². The Kier molecular flexibility index (Phi) is 3.64. The van der Waals surface area contributed by atoms with E-state index in [-0.39, 0.29) is 5.56 Å². The molecule has 1 atom stereocenters. The average Bonchev–Trinajstić information content (AvgIpc) is 3.28. The second kappa shape index (κ2) is 6.03. The van der Waals surface area contributed by atoms with E-state index in [1.165, 1.54) is 10.8 Å². The van der Waals surface area contributed by atoms with E-state index in [0.29, 0.717) is 23.9 Å². The van der Waals surface area contributed by atoms with Crippen LogP contribution in [0.25, 0.3) is 5.78 Å². The van der Waals surface area contributed by atoms with Crippen molar-refractivity contribution >= 4 is 5.78 Å². The highest BCUT2D eigenvalue weighted by Crippen LogP contribution is 2.40. The van der Waals surface area contributed by atoms with Crippen molar-refractivity contribution in [2.75, 3.05) is 6.54 Å². The number of hydrogen-bond donors (Lipinski definition) is 2. The minimum Gasteiger partial charge on any atom is -0.386 e. The molecule has 4 heterocycles. The topological polar surface area (TPSA) is 104 Å². The predicted octanol–water partition coefficient (Wildman–Crippen LogP) is 0.463. The van der Waals surface area contributed by atoms with Crippen molar-refractivity contribution in [3.63, 3.8) is 0 Å². The predicted molar refractivity (Wildman–Crippen MR) is 92.2 cm³/mol. The molecule has 0 amide bonds. The zero-order chi connectivity index (χ0) is 17.7. The maximum atomic E-state index is 12.1. The van der Waals surface area contributed by atoms with Crippen LogP contribution in [0.4, 0.5) is 0 Å². The number of nitrogens with zero attached hydrogens (tertiary/aromatic N) is 6. The van der Waals surface area contributed by atoms with E-state index in [9.17, 15) is 9.90 Å². The summed E-state index contributed by atoms with van der Waals surface area (Å²) < 4.78 is 3.34. The molecule has 1 saturated carbocycles. The molecular weight excluding hydrogens is 334 g/mol. The third-order valence-corrected chi connectivity index (χ3v) is 5.19. The molecule has 9 heteroatoms. The summed E-state index contributed by atoms with van der Waals surface area (Å²) >= 11 is 0. The van der Waals surface area contributed by atoms with E-state index >= 15 is 0 Å². The number of nitrogens with one attached hydrogen (secondary N) is 1. The van der Waals surface area contributed by atoms with Crippen molar-refractivity contribution in [3.05, 3.63) is 45.9 Å². The number of aromatic amines is 1. The molecule has 0 saturated heterocycles. The number of aliphatic hydroxyl groups excluding tert-OH is 1. The molecular formula is C17H21N7O2. The zero-order valence-corrected chi connectivity index (χ0v) is 14.4. The molecule has 1 fully saturated rings. The molecule has 1 aliphatic heterocycles. The van der Waals surface area contributed by atoms with Crippen LogP contribution >= 0.6 is 0 Å². The van der Waals surface area contributed by atoms with Gasteiger partial charge in [-0.25, -0.2) is 9.97 Å². The number of aliphatic hydroxyl groups is 1. The van der Waals surface area contributed by atoms with Gasteiger partial charge in [0.05, 0.1) is 17.1 Å². The van der Waals surface area contributed by atoms with Crippen LogP contribution in [-0.4, -0.2) is 45.9 Å². The molecule has 26 heavy (non-hydrogen) atoms. The van der Waals surface area contributed by atoms with Crippen molar-refractivity contribution in [2.45, 2.75) is 45.0 Å². The Morgan fingerprint density at radius 3 is 3.04 bits per heavy atom. The van der Waals surface area contributed by atoms with E-state index in [4.69, 9.17) is 0 Å². The Morgan fingerprint density at radius 1 is 1.31 bits per heavy atom. The van der Waals surface area contributed by atoms with Crippen LogP contribution in [0.15, 0.2) is 23.3 Å². The molecule has 0 unspecified atom stereocenters. The molecule has 0 radical (unpaired) electrons. The van der Waals surface area contributed by atoms with Gasteiger partial charge >= 0.3 is 0 Å². The van der Waals surface area contributed by atoms with Gasteiger partial charge in [-0.1, -0.05) is 0 Å². The molecule has 2 aliphatic rings. The van der Waals surface area contributed by atoms with E-state index in [2.05, 4.69) is 25.1 Å². The van der Waals surface area contributed by atoms with Gasteiger partial charge in [0.2, 0.25) is 0 Å². The van der Waals surface area contributed by atoms with Crippen molar-refractivity contribution in [1.82, 2.24) is 34.3 Å². The summed E-state index contributed by atoms with van der Waals surface area (Å²) in [6, 6.07) is 3.58. The third kappa shape index (κ3) is 2.82. The Labute approximate surface area is 149 Å². The highest BCUT2D eigenvalue weighted by molar-refractivity contribution is 5.26. The highest BCUT2D eigenvalue weighted by Gasteiger charge is 2.33. The molecule has 3 aromatic rings. The van der Waals surface area contributed by atoms with Crippen molar-refractivity contribution < 1.29 is 5.11 Å². The molecule has 0 bridgehead atoms. The minimum absolute atomic E-state index is 0.155. The van der Waals surface area contributed by atoms with Gasteiger partial charge in [-0.2, -0.15) is 9.61 Å². The molecule has 0 aromatic carbocycles. The highest BCUT2D eigenvalue weighted by atomic mass is 16.3. The number of rotatable bonds is 4. The fraction of sp³-hybridized carbons (Fsp3) is 0.529. The summed E-state index contributed by atoms with van der Waals surface area (Å²) in [7, 11) is 0. The van der Waals surface area contributed by atoms with Gasteiger partial charge in [0.15, 0.2) is 0 Å². The molecule has 9 nitrogen and oxygen atoms in total. The van der Waals surface area contributed by atoms with Gasteiger partial charge < -0.3 is 5.11 Å². The summed E-state index contributed by atoms with van der Waals surface area (Å²) in [6.07, 6.45) is 4.17. The first kappa shape index (κ1) is 15.7. The minimum atomic E-state index is -0.438. The van der Waals surface area contributed by atoms with Crippen LogP contribution in [0.3, 0.4) is 0 Å². The molecule has 1 aliphatic carbocycles. The molecule has 3 aromatic heterocycles. The first-order valence-corrected chi connectivity index (χ1v) is 9.06. The van der Waals surface area contributed by atoms with Gasteiger partial charge in [0.1, 0.15) is 12.4 Å². The van der Waals surface area contributed by atoms with Crippen molar-refractivity contribution in [3.8, 4) is 0 Å². The van der Waals surface area contributed by atoms with Gasteiger partial charge in [-0.3, -0.25) is 19.5 Å². The van der Waals surface area contributed by atoms with Crippen LogP contribution < -0.4 is 5.56 Å². The first-order valence-electron chi connectivity index (χ1n) is 9.06. The lowest BCUT2D eigenvalue weighted by molar-refractivity contribution is 0.148. The Hall–Kier alpha value is -2.52. The van der Waals surface area contributed by atoms with Crippen LogP contribution in [0.1, 0.15) is 42.4 Å². The van der Waals surface area contributed by atoms with Gasteiger partial charge in [-0.15, -0.1) is 0 Å².